The molecule has 0 spiro atoms. The molecule has 3 aliphatic heterocycles. The fraction of sp³-hybridized carbons (Fsp3) is 0.920. The summed E-state index contributed by atoms with van der Waals surface area (Å²) in [5.74, 6) is 1.04. The van der Waals surface area contributed by atoms with Crippen molar-refractivity contribution >= 4 is 11.8 Å². The van der Waals surface area contributed by atoms with Gasteiger partial charge in [-0.15, -0.1) is 0 Å². The van der Waals surface area contributed by atoms with Crippen LogP contribution in [-0.2, 0) is 9.59 Å². The number of rotatable bonds is 10. The van der Waals surface area contributed by atoms with Crippen LogP contribution in [0.1, 0.15) is 96.8 Å². The topological polar surface area (TPSA) is 43.9 Å². The van der Waals surface area contributed by atoms with Gasteiger partial charge in [-0.25, -0.2) is 0 Å². The Bertz CT molecular complexity index is 516. The van der Waals surface area contributed by atoms with E-state index in [0.717, 1.165) is 77.8 Å². The van der Waals surface area contributed by atoms with Crippen molar-refractivity contribution in [2.45, 2.75) is 103 Å². The molecule has 172 valence electrons. The molecule has 0 saturated carbocycles. The molecule has 5 nitrogen and oxygen atoms in total. The number of carbonyl (C=O) groups excluding carboxylic acids is 2. The number of amides is 2. The highest BCUT2D eigenvalue weighted by Crippen LogP contribution is 2.26. The molecule has 0 radical (unpaired) electrons. The molecule has 0 aromatic heterocycles. The van der Waals surface area contributed by atoms with E-state index in [1.54, 1.807) is 0 Å². The maximum atomic E-state index is 12.6. The molecule has 0 aromatic rings. The normalized spacial score (nSPS) is 22.0. The van der Waals surface area contributed by atoms with Crippen molar-refractivity contribution in [1.29, 1.82) is 0 Å². The molecule has 0 atom stereocenters. The molecule has 3 aliphatic rings. The highest BCUT2D eigenvalue weighted by atomic mass is 16.2. The van der Waals surface area contributed by atoms with E-state index in [4.69, 9.17) is 0 Å². The predicted molar refractivity (Wildman–Crippen MR) is 122 cm³/mol. The van der Waals surface area contributed by atoms with Gasteiger partial charge in [0, 0.05) is 44.6 Å². The van der Waals surface area contributed by atoms with Crippen LogP contribution in [0.5, 0.6) is 0 Å². The minimum absolute atomic E-state index is 0.253. The molecule has 0 N–H and O–H groups in total. The lowest BCUT2D eigenvalue weighted by atomic mass is 9.92. The summed E-state index contributed by atoms with van der Waals surface area (Å²) in [4.78, 5) is 32.0. The largest absolute Gasteiger partial charge is 0.343 e. The number of carbonyl (C=O) groups is 2. The lowest BCUT2D eigenvalue weighted by molar-refractivity contribution is -0.137. The average molecular weight is 420 g/mol. The van der Waals surface area contributed by atoms with Crippen LogP contribution in [-0.4, -0.2) is 71.8 Å². The first-order valence-electron chi connectivity index (χ1n) is 13.0. The number of nitrogens with zero attached hydrogens (tertiary/aromatic N) is 3. The maximum Gasteiger partial charge on any atom is 0.225 e. The fourth-order valence-corrected chi connectivity index (χ4v) is 5.58. The van der Waals surface area contributed by atoms with Crippen molar-refractivity contribution in [3.8, 4) is 0 Å². The summed E-state index contributed by atoms with van der Waals surface area (Å²) in [6.07, 6.45) is 16.2. The van der Waals surface area contributed by atoms with Crippen molar-refractivity contribution in [1.82, 2.24) is 14.7 Å². The molecule has 5 heteroatoms. The molecular weight excluding hydrogens is 374 g/mol. The highest BCUT2D eigenvalue weighted by Gasteiger charge is 2.33. The molecule has 0 unspecified atom stereocenters. The van der Waals surface area contributed by atoms with Gasteiger partial charge in [0.2, 0.25) is 11.8 Å². The zero-order chi connectivity index (χ0) is 21.2. The van der Waals surface area contributed by atoms with Crippen LogP contribution in [0.3, 0.4) is 0 Å². The van der Waals surface area contributed by atoms with Crippen LogP contribution in [0.15, 0.2) is 0 Å². The zero-order valence-electron chi connectivity index (χ0n) is 19.5. The van der Waals surface area contributed by atoms with Crippen molar-refractivity contribution < 1.29 is 9.59 Å². The molecule has 3 rings (SSSR count). The Balaban J connectivity index is 1.27. The summed E-state index contributed by atoms with van der Waals surface area (Å²) in [7, 11) is 0. The van der Waals surface area contributed by atoms with Crippen LogP contribution in [0, 0.1) is 5.92 Å². The van der Waals surface area contributed by atoms with E-state index < -0.39 is 0 Å². The van der Waals surface area contributed by atoms with Crippen molar-refractivity contribution in [2.75, 3.05) is 39.3 Å². The lowest BCUT2D eigenvalue weighted by Crippen LogP contribution is -2.50. The lowest BCUT2D eigenvalue weighted by Gasteiger charge is -2.42. The third-order valence-electron chi connectivity index (χ3n) is 7.62. The van der Waals surface area contributed by atoms with Crippen LogP contribution < -0.4 is 0 Å². The van der Waals surface area contributed by atoms with Crippen LogP contribution in [0.4, 0.5) is 0 Å². The third-order valence-corrected chi connectivity index (χ3v) is 7.62. The molecule has 30 heavy (non-hydrogen) atoms. The van der Waals surface area contributed by atoms with Gasteiger partial charge in [0.15, 0.2) is 0 Å². The Kier molecular flexibility index (Phi) is 9.96. The van der Waals surface area contributed by atoms with E-state index in [0.29, 0.717) is 17.9 Å². The summed E-state index contributed by atoms with van der Waals surface area (Å²) in [6.45, 7) is 8.16. The van der Waals surface area contributed by atoms with E-state index in [1.807, 2.05) is 0 Å². The van der Waals surface area contributed by atoms with E-state index in [1.165, 1.54) is 51.4 Å². The van der Waals surface area contributed by atoms with Gasteiger partial charge in [0.05, 0.1) is 0 Å². The van der Waals surface area contributed by atoms with E-state index in [9.17, 15) is 9.59 Å². The van der Waals surface area contributed by atoms with Crippen molar-refractivity contribution in [2.24, 2.45) is 5.92 Å². The molecule has 3 heterocycles. The average Bonchev–Trinajstić information content (AvgIpc) is 3.33. The first-order chi connectivity index (χ1) is 14.7. The van der Waals surface area contributed by atoms with Gasteiger partial charge in [-0.3, -0.25) is 9.59 Å². The summed E-state index contributed by atoms with van der Waals surface area (Å²) in [5.41, 5.74) is 0. The standard InChI is InChI=1S/C25H45N3O2/c1-2-3-4-5-6-7-8-11-24(29)27-20-14-23(15-21-27)26-18-12-22(13-19-26)25(30)28-16-9-10-17-28/h22-23H,2-21H2,1H3. The minimum Gasteiger partial charge on any atom is -0.343 e. The number of hydrogen-bond donors (Lipinski definition) is 0. The highest BCUT2D eigenvalue weighted by molar-refractivity contribution is 5.79. The maximum absolute atomic E-state index is 12.6. The van der Waals surface area contributed by atoms with Crippen molar-refractivity contribution in [3.05, 3.63) is 0 Å². The Hall–Kier alpha value is -1.10. The predicted octanol–water partition coefficient (Wildman–Crippen LogP) is 4.45. The smallest absolute Gasteiger partial charge is 0.225 e. The third kappa shape index (κ3) is 6.96. The van der Waals surface area contributed by atoms with Crippen molar-refractivity contribution in [3.63, 3.8) is 0 Å². The van der Waals surface area contributed by atoms with Gasteiger partial charge in [0.25, 0.3) is 0 Å². The SMILES string of the molecule is CCCCCCCCCC(=O)N1CCC(N2CCC(C(=O)N3CCCC3)CC2)CC1. The van der Waals surface area contributed by atoms with Crippen LogP contribution >= 0.6 is 0 Å². The monoisotopic (exact) mass is 419 g/mol. The second-order valence-electron chi connectivity index (χ2n) is 9.83. The Morgan fingerprint density at radius 3 is 1.93 bits per heavy atom. The summed E-state index contributed by atoms with van der Waals surface area (Å²) < 4.78 is 0. The molecule has 3 fully saturated rings. The number of unbranched alkanes of at least 4 members (excludes halogenated alkanes) is 6. The first-order valence-corrected chi connectivity index (χ1v) is 13.0. The minimum atomic E-state index is 0.253. The van der Waals surface area contributed by atoms with Gasteiger partial charge in [0.1, 0.15) is 0 Å². The van der Waals surface area contributed by atoms with Gasteiger partial charge in [-0.2, -0.15) is 0 Å². The summed E-state index contributed by atoms with van der Waals surface area (Å²) in [5, 5.41) is 0. The molecule has 2 amide bonds. The van der Waals surface area contributed by atoms with E-state index in [2.05, 4.69) is 21.6 Å². The quantitative estimate of drug-likeness (QED) is 0.491. The molecule has 0 bridgehead atoms. The first kappa shape index (κ1) is 23.6. The Morgan fingerprint density at radius 1 is 0.700 bits per heavy atom. The molecule has 0 aromatic carbocycles. The molecule has 3 saturated heterocycles. The van der Waals surface area contributed by atoms with E-state index in [-0.39, 0.29) is 5.92 Å². The zero-order valence-corrected chi connectivity index (χ0v) is 19.5. The molecular formula is C25H45N3O2. The number of piperidine rings is 2. The molecule has 0 aliphatic carbocycles. The van der Waals surface area contributed by atoms with Gasteiger partial charge in [-0.1, -0.05) is 45.4 Å². The second kappa shape index (κ2) is 12.7. The second-order valence-corrected chi connectivity index (χ2v) is 9.83. The van der Waals surface area contributed by atoms with E-state index >= 15 is 0 Å². The van der Waals surface area contributed by atoms with Gasteiger partial charge in [-0.05, 0) is 58.0 Å². The Morgan fingerprint density at radius 2 is 1.30 bits per heavy atom. The fourth-order valence-electron chi connectivity index (χ4n) is 5.58. The van der Waals surface area contributed by atoms with Crippen LogP contribution in [0.2, 0.25) is 0 Å². The summed E-state index contributed by atoms with van der Waals surface area (Å²) in [6, 6.07) is 0.607. The number of likely N-dealkylation sites (tertiary alicyclic amines) is 3. The van der Waals surface area contributed by atoms with Gasteiger partial charge >= 0.3 is 0 Å². The Labute approximate surface area is 184 Å². The summed E-state index contributed by atoms with van der Waals surface area (Å²) >= 11 is 0. The van der Waals surface area contributed by atoms with Crippen LogP contribution in [0.25, 0.3) is 0 Å². The van der Waals surface area contributed by atoms with Gasteiger partial charge < -0.3 is 14.7 Å². The number of hydrogen-bond acceptors (Lipinski definition) is 3.